The number of anilines is 1. The van der Waals surface area contributed by atoms with E-state index in [0.717, 1.165) is 10.5 Å². The van der Waals surface area contributed by atoms with Crippen LogP contribution in [0.25, 0.3) is 22.5 Å². The van der Waals surface area contributed by atoms with Crippen LogP contribution in [0.15, 0.2) is 54.6 Å². The van der Waals surface area contributed by atoms with E-state index in [2.05, 4.69) is 40.8 Å². The number of aliphatic carboxylic acids is 1. The Kier molecular flexibility index (Phi) is 18.0. The highest BCUT2D eigenvalue weighted by atomic mass is 32.2. The maximum Gasteiger partial charge on any atom is 0.326 e. The lowest BCUT2D eigenvalue weighted by molar-refractivity contribution is -0.143. The van der Waals surface area contributed by atoms with Crippen molar-refractivity contribution in [3.63, 3.8) is 0 Å². The second-order valence-corrected chi connectivity index (χ2v) is 20.0. The summed E-state index contributed by atoms with van der Waals surface area (Å²) in [5, 5.41) is 50.6. The Balaban J connectivity index is 1.67. The van der Waals surface area contributed by atoms with Crippen LogP contribution in [0.5, 0.6) is 17.2 Å². The molecule has 0 fully saturated rings. The Hall–Kier alpha value is -6.60. The van der Waals surface area contributed by atoms with Crippen molar-refractivity contribution >= 4 is 45.4 Å². The molecule has 71 heavy (non-hydrogen) atoms. The van der Waals surface area contributed by atoms with Gasteiger partial charge in [0.05, 0.1) is 17.2 Å². The molecule has 2 heterocycles. The molecular weight excluding hydrogens is 943 g/mol. The van der Waals surface area contributed by atoms with Gasteiger partial charge >= 0.3 is 5.97 Å². The van der Waals surface area contributed by atoms with Crippen LogP contribution in [0.2, 0.25) is 0 Å². The average molecular weight is 1010 g/mol. The molecule has 6 atom stereocenters. The van der Waals surface area contributed by atoms with Gasteiger partial charge in [0.25, 0.3) is 10.2 Å². The van der Waals surface area contributed by atoms with E-state index in [9.17, 15) is 52.8 Å². The van der Waals surface area contributed by atoms with Crippen LogP contribution in [0, 0.1) is 18.8 Å². The highest BCUT2D eigenvalue weighted by molar-refractivity contribution is 7.87. The lowest BCUT2D eigenvalue weighted by atomic mass is 9.86. The topological polar surface area (TPSA) is 376 Å². The minimum Gasteiger partial charge on any atom is -0.504 e. The van der Waals surface area contributed by atoms with E-state index >= 15 is 0 Å². The van der Waals surface area contributed by atoms with Gasteiger partial charge in [0.2, 0.25) is 11.8 Å². The number of aryl methyl sites for hydroxylation is 1. The van der Waals surface area contributed by atoms with Gasteiger partial charge in [-0.3, -0.25) is 19.2 Å². The largest absolute Gasteiger partial charge is 0.504 e. The number of likely N-dealkylation sites (N-methyl/N-ethyl adjacent to an activating group) is 1. The lowest BCUT2D eigenvalue weighted by Gasteiger charge is -2.32. The van der Waals surface area contributed by atoms with E-state index in [4.69, 9.17) is 31.8 Å². The molecule has 1 aliphatic heterocycles. The molecule has 2 amide bonds. The van der Waals surface area contributed by atoms with Gasteiger partial charge in [0.15, 0.2) is 28.9 Å². The van der Waals surface area contributed by atoms with E-state index in [1.165, 1.54) is 51.2 Å². The molecule has 0 radical (unpaired) electrons. The first-order valence-electron chi connectivity index (χ1n) is 22.6. The molecule has 384 valence electrons. The van der Waals surface area contributed by atoms with E-state index in [0.29, 0.717) is 11.1 Å². The van der Waals surface area contributed by atoms with E-state index in [1.54, 1.807) is 0 Å². The number of hydrogen-bond donors (Lipinski definition) is 10. The number of nitrogens with one attached hydrogen (secondary N) is 2. The third-order valence-corrected chi connectivity index (χ3v) is 12.5. The maximum atomic E-state index is 15.0. The number of phenols is 1. The number of aliphatic hydroxyl groups is 2. The number of carbonyl (C=O) groups is 5. The minimum atomic E-state index is -4.49. The first kappa shape index (κ1) is 55.3. The number of nitrogens with zero attached hydrogens (tertiary/aromatic N) is 3. The number of Topliss-reactive ketones (excluding diaryl/α,β-unsaturated/α-hetero) is 2. The van der Waals surface area contributed by atoms with Crippen LogP contribution in [0.1, 0.15) is 79.3 Å². The fraction of sp³-hybridized carbons (Fsp3) is 0.438. The fourth-order valence-corrected chi connectivity index (χ4v) is 8.36. The molecule has 0 saturated carbocycles. The van der Waals surface area contributed by atoms with E-state index in [-0.39, 0.29) is 82.6 Å². The van der Waals surface area contributed by atoms with Crippen LogP contribution in [0.4, 0.5) is 5.82 Å². The Morgan fingerprint density at radius 3 is 2.11 bits per heavy atom. The number of carbonyl (C=O) groups excluding carboxylic acids is 4. The van der Waals surface area contributed by atoms with Crippen molar-refractivity contribution in [2.75, 3.05) is 45.6 Å². The standard InChI is InChI=1S/C48H63N9O13S/c1-24-13-37(61)41(57(6)46(64)29(21-53-71(52,67)68)17-36(60)40-25(2)54-44(56-43(40)51)27-8-10-30(11-9-27)48(3,4)5)28-16-34(42(62)39(18-28)70-23-32(59)20-50)33-14-26(15-35(47(65)66)55-45(24)63)7-12-38(33)69-22-31(58)19-49/h7-12,14,16,18,24,29,31-32,35,41,53,58-59,62H,13,15,17,19-23,49-50H2,1-6H3,(H,55,63)(H,65,66)(H2,51,54,56)(H2,52,67,68)/t24-,29+,31-,32+,35+,41+/m1/s1. The Bertz CT molecular complexity index is 2730. The number of fused-ring (bicyclic) bond motifs is 5. The molecular formula is C48H63N9O13S. The minimum absolute atomic E-state index is 0.0308. The molecule has 0 saturated heterocycles. The van der Waals surface area contributed by atoms with Gasteiger partial charge in [-0.15, -0.1) is 0 Å². The van der Waals surface area contributed by atoms with Crippen molar-refractivity contribution in [3.8, 4) is 39.8 Å². The number of ether oxygens (including phenoxy) is 2. The number of amides is 2. The summed E-state index contributed by atoms with van der Waals surface area (Å²) in [7, 11) is -3.29. The van der Waals surface area contributed by atoms with Crippen LogP contribution in [-0.4, -0.2) is 131 Å². The molecule has 0 unspecified atom stereocenters. The van der Waals surface area contributed by atoms with Gasteiger partial charge in [-0.2, -0.15) is 8.42 Å². The number of nitrogen functional groups attached to an aromatic ring is 1. The number of rotatable bonds is 18. The number of hydrogen-bond acceptors (Lipinski definition) is 17. The van der Waals surface area contributed by atoms with Crippen molar-refractivity contribution in [2.24, 2.45) is 28.4 Å². The number of nitrogens with two attached hydrogens (primary N) is 4. The summed E-state index contributed by atoms with van der Waals surface area (Å²) in [6, 6.07) is 11.2. The number of carboxylic acids is 1. The molecule has 0 spiro atoms. The first-order valence-corrected chi connectivity index (χ1v) is 24.2. The average Bonchev–Trinajstić information content (AvgIpc) is 3.30. The summed E-state index contributed by atoms with van der Waals surface area (Å²) in [4.78, 5) is 80.0. The second kappa shape index (κ2) is 23.1. The highest BCUT2D eigenvalue weighted by Gasteiger charge is 2.38. The Morgan fingerprint density at radius 1 is 0.930 bits per heavy atom. The van der Waals surface area contributed by atoms with Crippen molar-refractivity contribution in [1.29, 1.82) is 0 Å². The first-order chi connectivity index (χ1) is 33.2. The van der Waals surface area contributed by atoms with Gasteiger partial charge in [-0.25, -0.2) is 24.6 Å². The predicted molar refractivity (Wildman–Crippen MR) is 261 cm³/mol. The monoisotopic (exact) mass is 1010 g/mol. The van der Waals surface area contributed by atoms with Gasteiger partial charge in [-0.05, 0) is 53.3 Å². The third kappa shape index (κ3) is 14.1. The Labute approximate surface area is 411 Å². The summed E-state index contributed by atoms with van der Waals surface area (Å²) in [5.41, 5.74) is 19.5. The summed E-state index contributed by atoms with van der Waals surface area (Å²) < 4.78 is 38.5. The molecule has 4 bridgehead atoms. The van der Waals surface area contributed by atoms with Crippen LogP contribution >= 0.6 is 0 Å². The maximum absolute atomic E-state index is 15.0. The van der Waals surface area contributed by atoms with Gasteiger partial charge in [0, 0.05) is 68.6 Å². The molecule has 23 heteroatoms. The predicted octanol–water partition coefficient (Wildman–Crippen LogP) is 1.00. The van der Waals surface area contributed by atoms with Crippen molar-refractivity contribution < 1.29 is 62.3 Å². The van der Waals surface area contributed by atoms with E-state index < -0.39 is 107 Å². The zero-order valence-corrected chi connectivity index (χ0v) is 41.2. The normalized spacial score (nSPS) is 17.8. The number of benzene rings is 3. The number of aliphatic hydroxyl groups excluding tert-OH is 2. The molecule has 22 nitrogen and oxygen atoms in total. The highest BCUT2D eigenvalue weighted by Crippen LogP contribution is 2.45. The van der Waals surface area contributed by atoms with Crippen LogP contribution in [-0.2, 0) is 41.2 Å². The van der Waals surface area contributed by atoms with Crippen LogP contribution in [0.3, 0.4) is 0 Å². The summed E-state index contributed by atoms with van der Waals surface area (Å²) in [6.07, 6.45) is -3.97. The van der Waals surface area contributed by atoms with Crippen molar-refractivity contribution in [1.82, 2.24) is 24.9 Å². The number of ketones is 2. The summed E-state index contributed by atoms with van der Waals surface area (Å²) in [5.74, 6) is -8.42. The number of aromatic nitrogens is 2. The zero-order chi connectivity index (χ0) is 52.7. The summed E-state index contributed by atoms with van der Waals surface area (Å²) in [6.45, 7) is 7.10. The van der Waals surface area contributed by atoms with Crippen LogP contribution < -0.4 is 41.9 Å². The number of aromatic hydroxyl groups is 1. The molecule has 5 rings (SSSR count). The molecule has 14 N–H and O–H groups in total. The van der Waals surface area contributed by atoms with E-state index in [1.807, 2.05) is 24.3 Å². The quantitative estimate of drug-likeness (QED) is 0.0622. The molecule has 0 aliphatic carbocycles. The third-order valence-electron chi connectivity index (χ3n) is 11.9. The number of carboxylic acid groups (broad SMARTS) is 1. The second-order valence-electron chi connectivity index (χ2n) is 18.6. The summed E-state index contributed by atoms with van der Waals surface area (Å²) >= 11 is 0. The molecule has 1 aliphatic rings. The van der Waals surface area contributed by atoms with Gasteiger partial charge < -0.3 is 57.3 Å². The fourth-order valence-electron chi connectivity index (χ4n) is 7.92. The van der Waals surface area contributed by atoms with Crippen molar-refractivity contribution in [2.45, 2.75) is 83.6 Å². The van der Waals surface area contributed by atoms with Gasteiger partial charge in [-0.1, -0.05) is 58.0 Å². The molecule has 3 aromatic carbocycles. The number of phenolic OH excluding ortho intramolecular Hbond substituents is 1. The zero-order valence-electron chi connectivity index (χ0n) is 40.3. The smallest absolute Gasteiger partial charge is 0.326 e. The molecule has 4 aromatic rings. The van der Waals surface area contributed by atoms with Gasteiger partial charge in [0.1, 0.15) is 49.1 Å². The lowest BCUT2D eigenvalue weighted by Crippen LogP contribution is -2.46. The SMILES string of the molecule is Cc1nc(-c2ccc(C(C)(C)C)cc2)nc(N)c1C(=O)C[C@@H](CNS(N)(=O)=O)C(=O)N(C)[C@@H]1C(=O)C[C@@H](C)C(=O)N[C@H](C(=O)O)Cc2ccc(OC[C@H](O)CN)c(c2)-c2cc1cc(OC[C@@H](O)CN)c2O. The Morgan fingerprint density at radius 2 is 1.55 bits per heavy atom. The molecule has 1 aromatic heterocycles. The van der Waals surface area contributed by atoms with Crippen molar-refractivity contribution in [3.05, 3.63) is 82.5 Å².